The molecule has 9 heteroatoms. The highest BCUT2D eigenvalue weighted by Crippen LogP contribution is 2.31. The van der Waals surface area contributed by atoms with Crippen molar-refractivity contribution in [2.24, 2.45) is 5.10 Å². The number of ether oxygens (including phenoxy) is 1. The van der Waals surface area contributed by atoms with E-state index in [-0.39, 0.29) is 18.9 Å². The molecule has 2 aromatic rings. The minimum atomic E-state index is -0.418. The zero-order chi connectivity index (χ0) is 20.7. The van der Waals surface area contributed by atoms with Crippen molar-refractivity contribution in [3.8, 4) is 5.75 Å². The average Bonchev–Trinajstić information content (AvgIpc) is 2.63. The van der Waals surface area contributed by atoms with Gasteiger partial charge in [0.25, 0.3) is 5.91 Å². The third-order valence-corrected chi connectivity index (χ3v) is 5.67. The molecule has 6 nitrogen and oxygen atoms in total. The highest BCUT2D eigenvalue weighted by molar-refractivity contribution is 9.11. The van der Waals surface area contributed by atoms with Crippen LogP contribution in [0, 0.1) is 6.92 Å². The fourth-order valence-electron chi connectivity index (χ4n) is 2.10. The molecule has 0 aromatic heterocycles. The van der Waals surface area contributed by atoms with Gasteiger partial charge in [-0.1, -0.05) is 28.1 Å². The number of aryl methyl sites for hydroxylation is 1. The molecule has 148 valence electrons. The number of carbonyl (C=O) groups is 2. The quantitative estimate of drug-likeness (QED) is 0.353. The Hall–Kier alpha value is -1.71. The van der Waals surface area contributed by atoms with Gasteiger partial charge in [0.05, 0.1) is 16.6 Å². The largest absolute Gasteiger partial charge is 0.483 e. The molecule has 0 heterocycles. The van der Waals surface area contributed by atoms with E-state index in [0.29, 0.717) is 17.1 Å². The van der Waals surface area contributed by atoms with Crippen LogP contribution in [0.3, 0.4) is 0 Å². The summed E-state index contributed by atoms with van der Waals surface area (Å²) < 4.78 is 7.98. The second kappa shape index (κ2) is 10.7. The van der Waals surface area contributed by atoms with E-state index in [9.17, 15) is 9.59 Å². The number of halogens is 3. The number of carbonyl (C=O) groups excluding carboxylic acids is 2. The van der Waals surface area contributed by atoms with Crippen LogP contribution < -0.4 is 15.5 Å². The Kier molecular flexibility index (Phi) is 8.65. The molecule has 0 fully saturated rings. The van der Waals surface area contributed by atoms with Crippen molar-refractivity contribution in [2.75, 3.05) is 11.9 Å². The average molecular weight is 576 g/mol. The van der Waals surface area contributed by atoms with E-state index in [2.05, 4.69) is 63.6 Å². The normalized spacial score (nSPS) is 11.1. The zero-order valence-electron chi connectivity index (χ0n) is 15.2. The predicted molar refractivity (Wildman–Crippen MR) is 121 cm³/mol. The lowest BCUT2D eigenvalue weighted by atomic mass is 10.2. The van der Waals surface area contributed by atoms with Gasteiger partial charge in [-0.2, -0.15) is 5.10 Å². The number of benzene rings is 2. The number of amides is 2. The summed E-state index contributed by atoms with van der Waals surface area (Å²) in [6.07, 6.45) is 0.0555. The first-order chi connectivity index (χ1) is 13.3. The summed E-state index contributed by atoms with van der Waals surface area (Å²) in [6.45, 7) is 3.39. The maximum atomic E-state index is 12.1. The molecule has 28 heavy (non-hydrogen) atoms. The summed E-state index contributed by atoms with van der Waals surface area (Å²) in [7, 11) is 0. The van der Waals surface area contributed by atoms with E-state index in [1.54, 1.807) is 13.0 Å². The molecule has 0 spiro atoms. The summed E-state index contributed by atoms with van der Waals surface area (Å²) in [5.74, 6) is -0.0877. The Morgan fingerprint density at radius 1 is 1.04 bits per heavy atom. The number of hydrogen-bond donors (Lipinski definition) is 2. The molecule has 2 amide bonds. The van der Waals surface area contributed by atoms with Crippen LogP contribution in [0.15, 0.2) is 54.9 Å². The molecule has 2 rings (SSSR count). The standard InChI is InChI=1S/C19H18Br3N3O3/c1-11-7-17(15(22)9-14(11)21)28-10-19(27)25-24-12(2)8-18(26)23-16-6-4-3-5-13(16)20/h3-7,9H,8,10H2,1-2H3,(H,23,26)(H,25,27)/b24-12-. The summed E-state index contributed by atoms with van der Waals surface area (Å²) in [4.78, 5) is 24.0. The van der Waals surface area contributed by atoms with E-state index >= 15 is 0 Å². The van der Waals surface area contributed by atoms with E-state index in [0.717, 1.165) is 19.0 Å². The molecular weight excluding hydrogens is 558 g/mol. The van der Waals surface area contributed by atoms with Gasteiger partial charge < -0.3 is 10.1 Å². The van der Waals surface area contributed by atoms with Gasteiger partial charge in [0.2, 0.25) is 5.91 Å². The second-order valence-corrected chi connectivity index (χ2v) is 8.47. The highest BCUT2D eigenvalue weighted by atomic mass is 79.9. The van der Waals surface area contributed by atoms with Gasteiger partial charge in [-0.25, -0.2) is 5.43 Å². The van der Waals surface area contributed by atoms with Crippen LogP contribution in [-0.2, 0) is 9.59 Å². The minimum absolute atomic E-state index is 0.0555. The molecule has 0 bridgehead atoms. The lowest BCUT2D eigenvalue weighted by Gasteiger charge is -2.10. The number of para-hydroxylation sites is 1. The molecule has 0 radical (unpaired) electrons. The van der Waals surface area contributed by atoms with Gasteiger partial charge >= 0.3 is 0 Å². The monoisotopic (exact) mass is 573 g/mol. The van der Waals surface area contributed by atoms with Crippen molar-refractivity contribution in [1.82, 2.24) is 5.43 Å². The number of anilines is 1. The fraction of sp³-hybridized carbons (Fsp3) is 0.211. The molecule has 0 saturated heterocycles. The van der Waals surface area contributed by atoms with Crippen LogP contribution in [0.1, 0.15) is 18.9 Å². The minimum Gasteiger partial charge on any atom is -0.483 e. The summed E-state index contributed by atoms with van der Waals surface area (Å²) in [5.41, 5.74) is 4.52. The molecule has 2 N–H and O–H groups in total. The first kappa shape index (κ1) is 22.6. The lowest BCUT2D eigenvalue weighted by molar-refractivity contribution is -0.123. The van der Waals surface area contributed by atoms with Gasteiger partial charge in [-0.15, -0.1) is 0 Å². The number of rotatable bonds is 7. The Morgan fingerprint density at radius 3 is 2.46 bits per heavy atom. The molecule has 0 unspecified atom stereocenters. The van der Waals surface area contributed by atoms with Gasteiger partial charge in [-0.05, 0) is 75.5 Å². The predicted octanol–water partition coefficient (Wildman–Crippen LogP) is 5.18. The van der Waals surface area contributed by atoms with Crippen LogP contribution in [0.2, 0.25) is 0 Å². The maximum Gasteiger partial charge on any atom is 0.277 e. The van der Waals surface area contributed by atoms with E-state index in [1.165, 1.54) is 0 Å². The summed E-state index contributed by atoms with van der Waals surface area (Å²) in [5, 5.41) is 6.72. The van der Waals surface area contributed by atoms with Gasteiger partial charge in [0.15, 0.2) is 6.61 Å². The maximum absolute atomic E-state index is 12.1. The van der Waals surface area contributed by atoms with Crippen LogP contribution in [-0.4, -0.2) is 24.1 Å². The molecule has 0 aliphatic rings. The Balaban J connectivity index is 1.82. The zero-order valence-corrected chi connectivity index (χ0v) is 19.9. The Morgan fingerprint density at radius 2 is 1.75 bits per heavy atom. The van der Waals surface area contributed by atoms with Crippen molar-refractivity contribution >= 4 is 71.0 Å². The van der Waals surface area contributed by atoms with Crippen LogP contribution >= 0.6 is 47.8 Å². The molecule has 0 aliphatic carbocycles. The Labute approximate surface area is 188 Å². The number of nitrogens with one attached hydrogen (secondary N) is 2. The van der Waals surface area contributed by atoms with Crippen molar-refractivity contribution in [3.63, 3.8) is 0 Å². The van der Waals surface area contributed by atoms with Crippen molar-refractivity contribution in [1.29, 1.82) is 0 Å². The third kappa shape index (κ3) is 7.03. The molecule has 2 aromatic carbocycles. The number of hydrazone groups is 1. The summed E-state index contributed by atoms with van der Waals surface area (Å²) >= 11 is 10.2. The van der Waals surface area contributed by atoms with E-state index in [1.807, 2.05) is 37.3 Å². The molecule has 0 aliphatic heterocycles. The lowest BCUT2D eigenvalue weighted by Crippen LogP contribution is -2.26. The fourth-order valence-corrected chi connectivity index (χ4v) is 3.60. The van der Waals surface area contributed by atoms with Crippen LogP contribution in [0.5, 0.6) is 5.75 Å². The van der Waals surface area contributed by atoms with Gasteiger partial charge in [-0.3, -0.25) is 9.59 Å². The summed E-state index contributed by atoms with van der Waals surface area (Å²) in [6, 6.07) is 11.0. The van der Waals surface area contributed by atoms with E-state index in [4.69, 9.17) is 4.74 Å². The SMILES string of the molecule is C/C(CC(=O)Nc1ccccc1Br)=N/NC(=O)COc1cc(C)c(Br)cc1Br. The third-order valence-electron chi connectivity index (χ3n) is 3.51. The van der Waals surface area contributed by atoms with Crippen molar-refractivity contribution in [3.05, 3.63) is 55.4 Å². The van der Waals surface area contributed by atoms with Gasteiger partial charge in [0.1, 0.15) is 5.75 Å². The second-order valence-electron chi connectivity index (χ2n) is 5.91. The molecule has 0 atom stereocenters. The smallest absolute Gasteiger partial charge is 0.277 e. The molecular formula is C19H18Br3N3O3. The van der Waals surface area contributed by atoms with Crippen LogP contribution in [0.25, 0.3) is 0 Å². The van der Waals surface area contributed by atoms with E-state index < -0.39 is 5.91 Å². The van der Waals surface area contributed by atoms with Crippen molar-refractivity contribution in [2.45, 2.75) is 20.3 Å². The Bertz CT molecular complexity index is 917. The van der Waals surface area contributed by atoms with Crippen LogP contribution in [0.4, 0.5) is 5.69 Å². The first-order valence-electron chi connectivity index (χ1n) is 8.21. The van der Waals surface area contributed by atoms with Gasteiger partial charge in [0, 0.05) is 14.7 Å². The first-order valence-corrected chi connectivity index (χ1v) is 10.6. The molecule has 0 saturated carbocycles. The topological polar surface area (TPSA) is 79.8 Å². The highest BCUT2D eigenvalue weighted by Gasteiger charge is 2.09. The number of nitrogens with zero attached hydrogens (tertiary/aromatic N) is 1. The van der Waals surface area contributed by atoms with Crippen molar-refractivity contribution < 1.29 is 14.3 Å². The number of hydrogen-bond acceptors (Lipinski definition) is 4.